The topological polar surface area (TPSA) is 70.7 Å². The second-order valence-electron chi connectivity index (χ2n) is 7.24. The first-order chi connectivity index (χ1) is 12.2. The molecule has 0 bridgehead atoms. The summed E-state index contributed by atoms with van der Waals surface area (Å²) in [6.45, 7) is 6.60. The molecule has 2 N–H and O–H groups in total. The lowest BCUT2D eigenvalue weighted by Gasteiger charge is -2.33. The van der Waals surface area contributed by atoms with Crippen molar-refractivity contribution >= 4 is 18.2 Å². The van der Waals surface area contributed by atoms with Gasteiger partial charge in [0.05, 0.1) is 0 Å². The minimum Gasteiger partial charge on any atom is -0.444 e. The van der Waals surface area contributed by atoms with E-state index in [0.717, 1.165) is 5.56 Å². The number of nitrogens with zero attached hydrogens (tertiary/aromatic N) is 1. The smallest absolute Gasteiger partial charge is 0.410 e. The van der Waals surface area contributed by atoms with Crippen LogP contribution in [0, 0.1) is 5.82 Å². The largest absolute Gasteiger partial charge is 0.444 e. The van der Waals surface area contributed by atoms with Gasteiger partial charge in [0.1, 0.15) is 11.4 Å². The summed E-state index contributed by atoms with van der Waals surface area (Å²) in [6, 6.07) is 5.67. The van der Waals surface area contributed by atoms with Gasteiger partial charge in [-0.1, -0.05) is 12.1 Å². The van der Waals surface area contributed by atoms with E-state index in [4.69, 9.17) is 4.74 Å². The number of piperidine rings is 1. The van der Waals surface area contributed by atoms with Gasteiger partial charge in [0.25, 0.3) is 0 Å². The zero-order valence-corrected chi connectivity index (χ0v) is 15.4. The first-order valence-electron chi connectivity index (χ1n) is 8.70. The fraction of sp³-hybridized carbons (Fsp3) is 0.474. The number of nitrogens with one attached hydrogen (secondary N) is 2. The molecule has 1 saturated heterocycles. The third kappa shape index (κ3) is 6.74. The van der Waals surface area contributed by atoms with Crippen LogP contribution in [0.2, 0.25) is 0 Å². The van der Waals surface area contributed by atoms with E-state index in [-0.39, 0.29) is 24.0 Å². The van der Waals surface area contributed by atoms with E-state index < -0.39 is 5.60 Å². The molecule has 0 unspecified atom stereocenters. The van der Waals surface area contributed by atoms with Crippen LogP contribution in [0.1, 0.15) is 39.2 Å². The Hall–Kier alpha value is -2.57. The fourth-order valence-electron chi connectivity index (χ4n) is 2.55. The summed E-state index contributed by atoms with van der Waals surface area (Å²) in [5.41, 5.74) is 0.278. The maximum Gasteiger partial charge on any atom is 0.410 e. The Balaban J connectivity index is 1.71. The summed E-state index contributed by atoms with van der Waals surface area (Å²) in [5.74, 6) is -0.300. The van der Waals surface area contributed by atoms with Crippen LogP contribution < -0.4 is 10.6 Å². The van der Waals surface area contributed by atoms with Gasteiger partial charge in [-0.25, -0.2) is 14.0 Å². The lowest BCUT2D eigenvalue weighted by Crippen LogP contribution is -2.49. The van der Waals surface area contributed by atoms with E-state index in [0.29, 0.717) is 25.9 Å². The number of hydrogen-bond acceptors (Lipinski definition) is 3. The van der Waals surface area contributed by atoms with Crippen molar-refractivity contribution in [1.82, 2.24) is 15.5 Å². The third-order valence-electron chi connectivity index (χ3n) is 3.84. The minimum absolute atomic E-state index is 0.00732. The van der Waals surface area contributed by atoms with Crippen LogP contribution >= 0.6 is 0 Å². The van der Waals surface area contributed by atoms with Crippen molar-refractivity contribution in [3.63, 3.8) is 0 Å². The van der Waals surface area contributed by atoms with E-state index in [2.05, 4.69) is 10.6 Å². The Kier molecular flexibility index (Phi) is 6.60. The molecule has 1 aliphatic heterocycles. The average Bonchev–Trinajstić information content (AvgIpc) is 2.56. The summed E-state index contributed by atoms with van der Waals surface area (Å²) in [7, 11) is 0. The van der Waals surface area contributed by atoms with Gasteiger partial charge < -0.3 is 20.3 Å². The predicted molar refractivity (Wildman–Crippen MR) is 97.9 cm³/mol. The average molecular weight is 363 g/mol. The molecular weight excluding hydrogens is 337 g/mol. The van der Waals surface area contributed by atoms with Gasteiger partial charge in [-0.05, 0) is 57.4 Å². The predicted octanol–water partition coefficient (Wildman–Crippen LogP) is 3.50. The number of likely N-dealkylation sites (tertiary alicyclic amines) is 1. The zero-order valence-electron chi connectivity index (χ0n) is 15.4. The van der Waals surface area contributed by atoms with Crippen LogP contribution in [0.5, 0.6) is 0 Å². The number of benzene rings is 1. The molecule has 0 aliphatic carbocycles. The Morgan fingerprint density at radius 3 is 2.38 bits per heavy atom. The first kappa shape index (κ1) is 19.8. The van der Waals surface area contributed by atoms with Crippen LogP contribution in [0.25, 0.3) is 6.08 Å². The van der Waals surface area contributed by atoms with Crippen molar-refractivity contribution in [1.29, 1.82) is 0 Å². The molecule has 1 heterocycles. The highest BCUT2D eigenvalue weighted by Gasteiger charge is 2.27. The van der Waals surface area contributed by atoms with Crippen molar-refractivity contribution in [2.45, 2.75) is 45.3 Å². The van der Waals surface area contributed by atoms with Crippen molar-refractivity contribution in [2.75, 3.05) is 13.1 Å². The van der Waals surface area contributed by atoms with Crippen molar-refractivity contribution in [3.8, 4) is 0 Å². The van der Waals surface area contributed by atoms with E-state index in [1.165, 1.54) is 18.3 Å². The van der Waals surface area contributed by atoms with Gasteiger partial charge >= 0.3 is 12.1 Å². The van der Waals surface area contributed by atoms with Gasteiger partial charge in [-0.3, -0.25) is 0 Å². The molecule has 7 heteroatoms. The monoisotopic (exact) mass is 363 g/mol. The van der Waals surface area contributed by atoms with E-state index in [9.17, 15) is 14.0 Å². The van der Waals surface area contributed by atoms with Crippen LogP contribution in [0.15, 0.2) is 30.5 Å². The van der Waals surface area contributed by atoms with Gasteiger partial charge in [0.15, 0.2) is 0 Å². The highest BCUT2D eigenvalue weighted by Crippen LogP contribution is 2.15. The number of amides is 3. The van der Waals surface area contributed by atoms with Gasteiger partial charge in [-0.2, -0.15) is 0 Å². The third-order valence-corrected chi connectivity index (χ3v) is 3.84. The summed E-state index contributed by atoms with van der Waals surface area (Å²) in [4.78, 5) is 25.6. The molecule has 1 aromatic carbocycles. The Labute approximate surface area is 153 Å². The molecule has 1 aliphatic rings. The van der Waals surface area contributed by atoms with E-state index in [1.807, 2.05) is 20.8 Å². The molecule has 0 spiro atoms. The van der Waals surface area contributed by atoms with Crippen LogP contribution in [-0.4, -0.2) is 41.8 Å². The number of urea groups is 1. The second-order valence-corrected chi connectivity index (χ2v) is 7.24. The molecule has 1 fully saturated rings. The maximum absolute atomic E-state index is 12.8. The summed E-state index contributed by atoms with van der Waals surface area (Å²) in [5, 5.41) is 5.51. The number of hydrogen-bond donors (Lipinski definition) is 2. The summed E-state index contributed by atoms with van der Waals surface area (Å²) >= 11 is 0. The molecule has 6 nitrogen and oxygen atoms in total. The van der Waals surface area contributed by atoms with Crippen LogP contribution in [0.3, 0.4) is 0 Å². The summed E-state index contributed by atoms with van der Waals surface area (Å²) < 4.78 is 18.2. The molecule has 0 radical (unpaired) electrons. The lowest BCUT2D eigenvalue weighted by atomic mass is 10.1. The highest BCUT2D eigenvalue weighted by molar-refractivity contribution is 5.76. The Bertz CT molecular complexity index is 645. The second kappa shape index (κ2) is 8.69. The molecule has 0 aromatic heterocycles. The minimum atomic E-state index is -0.511. The Morgan fingerprint density at radius 2 is 1.81 bits per heavy atom. The highest BCUT2D eigenvalue weighted by atomic mass is 19.1. The van der Waals surface area contributed by atoms with Crippen LogP contribution in [-0.2, 0) is 4.74 Å². The van der Waals surface area contributed by atoms with Crippen LogP contribution in [0.4, 0.5) is 14.0 Å². The molecule has 26 heavy (non-hydrogen) atoms. The normalized spacial score (nSPS) is 15.8. The van der Waals surface area contributed by atoms with Gasteiger partial charge in [0, 0.05) is 25.3 Å². The number of carbonyl (C=O) groups excluding carboxylic acids is 2. The van der Waals surface area contributed by atoms with Gasteiger partial charge in [0.2, 0.25) is 0 Å². The molecule has 3 amide bonds. The Morgan fingerprint density at radius 1 is 1.19 bits per heavy atom. The number of ether oxygens (including phenoxy) is 1. The molecule has 2 rings (SSSR count). The molecule has 0 saturated carbocycles. The quantitative estimate of drug-likeness (QED) is 0.863. The standard InChI is InChI=1S/C19H26FN3O3/c1-19(2,3)26-18(25)23-12-9-16(10-13-23)22-17(24)21-11-8-14-4-6-15(20)7-5-14/h4-8,11,16H,9-10,12-13H2,1-3H3,(H2,21,22,24)/b11-8+. The number of halogens is 1. The first-order valence-corrected chi connectivity index (χ1v) is 8.70. The fourth-order valence-corrected chi connectivity index (χ4v) is 2.55. The lowest BCUT2D eigenvalue weighted by molar-refractivity contribution is 0.0201. The number of rotatable bonds is 3. The van der Waals surface area contributed by atoms with E-state index >= 15 is 0 Å². The molecule has 0 atom stereocenters. The van der Waals surface area contributed by atoms with Crippen molar-refractivity contribution in [3.05, 3.63) is 41.8 Å². The van der Waals surface area contributed by atoms with Crippen molar-refractivity contribution < 1.29 is 18.7 Å². The molecule has 142 valence electrons. The SMILES string of the molecule is CC(C)(C)OC(=O)N1CCC(NC(=O)N/C=C/c2ccc(F)cc2)CC1. The zero-order chi connectivity index (χ0) is 19.2. The summed E-state index contributed by atoms with van der Waals surface area (Å²) in [6.07, 6.45) is 4.23. The molecular formula is C19H26FN3O3. The van der Waals surface area contributed by atoms with Gasteiger partial charge in [-0.15, -0.1) is 0 Å². The number of carbonyl (C=O) groups is 2. The van der Waals surface area contributed by atoms with Crippen molar-refractivity contribution in [2.24, 2.45) is 0 Å². The maximum atomic E-state index is 12.8. The van der Waals surface area contributed by atoms with E-state index in [1.54, 1.807) is 23.1 Å². The molecule has 1 aromatic rings.